The molecule has 0 aromatic heterocycles. The molecule has 0 heterocycles. The Morgan fingerprint density at radius 1 is 1.16 bits per heavy atom. The fraction of sp³-hybridized carbons (Fsp3) is 0.292. The molecule has 0 radical (unpaired) electrons. The summed E-state index contributed by atoms with van der Waals surface area (Å²) >= 11 is 3.17. The monoisotopic (exact) mass is 503 g/mol. The molecule has 5 nitrogen and oxygen atoms in total. The first kappa shape index (κ1) is 24.9. The number of rotatable bonds is 6. The van der Waals surface area contributed by atoms with Crippen LogP contribution in [0.5, 0.6) is 0 Å². The Balaban J connectivity index is 2.53. The number of methoxy groups -OCH3 is 1. The molecule has 0 aliphatic heterocycles. The second kappa shape index (κ2) is 10.8. The number of nitrogens with zero attached hydrogens (tertiary/aromatic N) is 1. The molecule has 1 atom stereocenters. The van der Waals surface area contributed by atoms with Gasteiger partial charge in [-0.25, -0.2) is 13.2 Å². The minimum absolute atomic E-state index is 0.0386. The summed E-state index contributed by atoms with van der Waals surface area (Å²) in [6, 6.07) is 12.4. The van der Waals surface area contributed by atoms with Crippen LogP contribution in [0.1, 0.15) is 29.2 Å². The number of sulfonamides is 1. The number of ether oxygens (including phenoxy) is 1. The van der Waals surface area contributed by atoms with Gasteiger partial charge in [-0.1, -0.05) is 47.7 Å². The Kier molecular flexibility index (Phi) is 8.63. The average Bonchev–Trinajstić information content (AvgIpc) is 2.69. The van der Waals surface area contributed by atoms with Crippen molar-refractivity contribution in [1.29, 1.82) is 0 Å². The number of carbonyl (C=O) groups is 1. The van der Waals surface area contributed by atoms with Gasteiger partial charge in [0.1, 0.15) is 4.48 Å². The molecule has 0 N–H and O–H groups in total. The molecular weight excluding hydrogens is 478 g/mol. The van der Waals surface area contributed by atoms with Crippen molar-refractivity contribution in [3.05, 3.63) is 75.3 Å². The molecule has 7 heteroatoms. The van der Waals surface area contributed by atoms with Gasteiger partial charge in [0.2, 0.25) is 10.0 Å². The topological polar surface area (TPSA) is 63.7 Å². The van der Waals surface area contributed by atoms with Crippen molar-refractivity contribution in [2.45, 2.75) is 38.6 Å². The molecular formula is C24H26BrNO4S. The third-order valence-electron chi connectivity index (χ3n) is 4.63. The number of hydrogen-bond acceptors (Lipinski definition) is 4. The van der Waals surface area contributed by atoms with Gasteiger partial charge in [0, 0.05) is 11.6 Å². The molecule has 2 rings (SSSR count). The molecule has 0 amide bonds. The lowest BCUT2D eigenvalue weighted by Crippen LogP contribution is -2.39. The molecule has 2 aromatic rings. The minimum Gasteiger partial charge on any atom is -0.465 e. The molecule has 0 aliphatic rings. The summed E-state index contributed by atoms with van der Waals surface area (Å²) in [7, 11) is -2.63. The highest BCUT2D eigenvalue weighted by molar-refractivity contribution is 9.12. The zero-order chi connectivity index (χ0) is 23.2. The summed E-state index contributed by atoms with van der Waals surface area (Å²) in [5.41, 5.74) is 3.12. The maximum Gasteiger partial charge on any atom is 0.344 e. The molecule has 0 saturated carbocycles. The van der Waals surface area contributed by atoms with Crippen molar-refractivity contribution in [3.8, 4) is 11.8 Å². The zero-order valence-electron chi connectivity index (χ0n) is 18.3. The van der Waals surface area contributed by atoms with Crippen LogP contribution >= 0.6 is 15.9 Å². The first-order valence-electron chi connectivity index (χ1n) is 9.67. The van der Waals surface area contributed by atoms with Gasteiger partial charge in [-0.2, -0.15) is 4.31 Å². The van der Waals surface area contributed by atoms with E-state index in [4.69, 9.17) is 4.74 Å². The van der Waals surface area contributed by atoms with Crippen LogP contribution in [0.3, 0.4) is 0 Å². The van der Waals surface area contributed by atoms with Gasteiger partial charge in [0.15, 0.2) is 0 Å². The Bertz CT molecular complexity index is 1120. The molecule has 0 bridgehead atoms. The Morgan fingerprint density at radius 2 is 1.74 bits per heavy atom. The Morgan fingerprint density at radius 3 is 2.29 bits per heavy atom. The number of aryl methyl sites for hydroxylation is 3. The third-order valence-corrected chi connectivity index (χ3v) is 7.46. The lowest BCUT2D eigenvalue weighted by atomic mass is 10.1. The maximum atomic E-state index is 13.7. The summed E-state index contributed by atoms with van der Waals surface area (Å²) in [5.74, 6) is 5.38. The highest BCUT2D eigenvalue weighted by atomic mass is 79.9. The van der Waals surface area contributed by atoms with Crippen LogP contribution < -0.4 is 0 Å². The van der Waals surface area contributed by atoms with Crippen LogP contribution in [0.15, 0.2) is 57.9 Å². The summed E-state index contributed by atoms with van der Waals surface area (Å²) in [6.07, 6.45) is 1.51. The van der Waals surface area contributed by atoms with E-state index in [0.717, 1.165) is 11.1 Å². The summed E-state index contributed by atoms with van der Waals surface area (Å²) < 4.78 is 33.5. The fourth-order valence-corrected chi connectivity index (χ4v) is 5.78. The lowest BCUT2D eigenvalue weighted by molar-refractivity contribution is -0.135. The van der Waals surface area contributed by atoms with Crippen LogP contribution in [0.25, 0.3) is 0 Å². The predicted molar refractivity (Wildman–Crippen MR) is 126 cm³/mol. The van der Waals surface area contributed by atoms with Crippen LogP contribution in [-0.2, 0) is 19.6 Å². The largest absolute Gasteiger partial charge is 0.465 e. The predicted octanol–water partition coefficient (Wildman–Crippen LogP) is 4.49. The van der Waals surface area contributed by atoms with Crippen molar-refractivity contribution in [3.63, 3.8) is 0 Å². The summed E-state index contributed by atoms with van der Waals surface area (Å²) in [5, 5.41) is 0. The van der Waals surface area contributed by atoms with Gasteiger partial charge in [0.05, 0.1) is 18.6 Å². The second-order valence-electron chi connectivity index (χ2n) is 7.19. The van der Waals surface area contributed by atoms with E-state index in [1.165, 1.54) is 17.5 Å². The van der Waals surface area contributed by atoms with Crippen LogP contribution in [0, 0.1) is 32.6 Å². The van der Waals surface area contributed by atoms with Crippen LogP contribution in [0.2, 0.25) is 0 Å². The molecule has 2 aromatic carbocycles. The van der Waals surface area contributed by atoms with Crippen molar-refractivity contribution >= 4 is 31.9 Å². The zero-order valence-corrected chi connectivity index (χ0v) is 20.7. The van der Waals surface area contributed by atoms with Crippen molar-refractivity contribution in [1.82, 2.24) is 4.31 Å². The summed E-state index contributed by atoms with van der Waals surface area (Å²) in [4.78, 5) is 12.1. The molecule has 164 valence electrons. The normalized spacial score (nSPS) is 12.8. The van der Waals surface area contributed by atoms with Gasteiger partial charge < -0.3 is 4.74 Å². The first-order valence-corrected chi connectivity index (χ1v) is 11.9. The molecule has 0 fully saturated rings. The van der Waals surface area contributed by atoms with Gasteiger partial charge in [0.25, 0.3) is 0 Å². The molecule has 31 heavy (non-hydrogen) atoms. The van der Waals surface area contributed by atoms with E-state index in [-0.39, 0.29) is 15.9 Å². The molecule has 0 aliphatic carbocycles. The van der Waals surface area contributed by atoms with Crippen molar-refractivity contribution in [2.75, 3.05) is 13.7 Å². The molecule has 0 spiro atoms. The Labute approximate surface area is 193 Å². The molecule has 0 unspecified atom stereocenters. The van der Waals surface area contributed by atoms with Gasteiger partial charge >= 0.3 is 5.97 Å². The van der Waals surface area contributed by atoms with E-state index < -0.39 is 22.0 Å². The highest BCUT2D eigenvalue weighted by Crippen LogP contribution is 2.27. The van der Waals surface area contributed by atoms with Crippen LogP contribution in [-0.4, -0.2) is 38.4 Å². The van der Waals surface area contributed by atoms with E-state index in [1.54, 1.807) is 20.8 Å². The first-order chi connectivity index (χ1) is 14.6. The smallest absolute Gasteiger partial charge is 0.344 e. The third kappa shape index (κ3) is 6.30. The van der Waals surface area contributed by atoms with E-state index in [1.807, 2.05) is 49.4 Å². The number of esters is 1. The minimum atomic E-state index is -3.90. The van der Waals surface area contributed by atoms with Crippen molar-refractivity contribution < 1.29 is 17.9 Å². The van der Waals surface area contributed by atoms with Gasteiger partial charge in [-0.15, -0.1) is 0 Å². The second-order valence-corrected chi connectivity index (χ2v) is 9.87. The fourth-order valence-electron chi connectivity index (χ4n) is 3.34. The lowest BCUT2D eigenvalue weighted by Gasteiger charge is -2.26. The van der Waals surface area contributed by atoms with E-state index in [9.17, 15) is 13.2 Å². The van der Waals surface area contributed by atoms with Gasteiger partial charge in [-0.05, 0) is 73.0 Å². The van der Waals surface area contributed by atoms with Crippen LogP contribution in [0.4, 0.5) is 0 Å². The number of carbonyl (C=O) groups excluding carboxylic acids is 1. The summed E-state index contributed by atoms with van der Waals surface area (Å²) in [6.45, 7) is 7.16. The quantitative estimate of drug-likeness (QED) is 0.330. The van der Waals surface area contributed by atoms with Crippen molar-refractivity contribution in [2.24, 2.45) is 0 Å². The Hall–Kier alpha value is -2.40. The number of hydrogen-bond donors (Lipinski definition) is 0. The SMILES string of the molecule is COC(=O)/C(Br)=C\[C@H](C)N(CC#Cc1ccccc1)S(=O)(=O)c1c(C)cc(C)cc1C. The number of halogens is 1. The number of benzene rings is 2. The maximum absolute atomic E-state index is 13.7. The average molecular weight is 504 g/mol. The van der Waals surface area contributed by atoms with E-state index in [0.29, 0.717) is 11.1 Å². The highest BCUT2D eigenvalue weighted by Gasteiger charge is 2.31. The molecule has 0 saturated heterocycles. The van der Waals surface area contributed by atoms with Gasteiger partial charge in [-0.3, -0.25) is 0 Å². The standard InChI is InChI=1S/C24H26BrNO4S/c1-17-14-18(2)23(19(3)15-17)31(28,29)26(20(4)16-22(25)24(27)30-5)13-9-12-21-10-7-6-8-11-21/h6-8,10-11,14-16,20H,13H2,1-5H3/b22-16+/t20-/m0/s1. The van der Waals surface area contributed by atoms with E-state index in [2.05, 4.69) is 27.8 Å². The van der Waals surface area contributed by atoms with E-state index >= 15 is 0 Å².